The van der Waals surface area contributed by atoms with Gasteiger partial charge in [0.25, 0.3) is 0 Å². The van der Waals surface area contributed by atoms with Crippen molar-refractivity contribution in [1.82, 2.24) is 4.90 Å². The zero-order valence-corrected chi connectivity index (χ0v) is 16.3. The fourth-order valence-corrected chi connectivity index (χ4v) is 3.23. The van der Waals surface area contributed by atoms with Gasteiger partial charge in [0.15, 0.2) is 0 Å². The van der Waals surface area contributed by atoms with E-state index in [-0.39, 0.29) is 6.17 Å². The molecule has 2 aromatic carbocycles. The maximum atomic E-state index is 6.10. The lowest BCUT2D eigenvalue weighted by atomic mass is 10.0. The summed E-state index contributed by atoms with van der Waals surface area (Å²) in [6, 6.07) is 10.5. The van der Waals surface area contributed by atoms with E-state index in [9.17, 15) is 0 Å². The number of anilines is 1. The van der Waals surface area contributed by atoms with Crippen LogP contribution in [0.4, 0.5) is 5.69 Å². The first-order chi connectivity index (χ1) is 11.8. The number of hydrogen-bond acceptors (Lipinski definition) is 3. The number of benzene rings is 2. The van der Waals surface area contributed by atoms with Gasteiger partial charge in [-0.3, -0.25) is 0 Å². The Labute approximate surface area is 150 Å². The van der Waals surface area contributed by atoms with Gasteiger partial charge in [0.2, 0.25) is 0 Å². The number of rotatable bonds is 4. The highest BCUT2D eigenvalue weighted by Gasteiger charge is 2.16. The summed E-state index contributed by atoms with van der Waals surface area (Å²) in [5, 5.41) is 6.03. The van der Waals surface area contributed by atoms with Crippen LogP contribution >= 0.6 is 0 Å². The molecule has 0 bridgehead atoms. The van der Waals surface area contributed by atoms with E-state index in [1.54, 1.807) is 0 Å². The molecule has 0 aliphatic heterocycles. The van der Waals surface area contributed by atoms with Gasteiger partial charge in [-0.15, -0.1) is 0 Å². The largest absolute Gasteiger partial charge is 0.456 e. The molecule has 0 radical (unpaired) electrons. The Bertz CT molecular complexity index is 961. The van der Waals surface area contributed by atoms with Crippen LogP contribution in [0.15, 0.2) is 46.0 Å². The molecule has 25 heavy (non-hydrogen) atoms. The summed E-state index contributed by atoms with van der Waals surface area (Å²) in [6.07, 6.45) is 0.198. The summed E-state index contributed by atoms with van der Waals surface area (Å²) in [5.74, 6) is 0. The molecule has 0 amide bonds. The fourth-order valence-electron chi connectivity index (χ4n) is 3.23. The zero-order valence-electron chi connectivity index (χ0n) is 16.3. The summed E-state index contributed by atoms with van der Waals surface area (Å²) in [7, 11) is 2.13. The normalized spacial score (nSPS) is 12.4. The number of fused-ring (bicyclic) bond motifs is 3. The maximum Gasteiger partial charge on any atom is 0.138 e. The van der Waals surface area contributed by atoms with Crippen LogP contribution in [0.2, 0.25) is 0 Å². The molecule has 1 N–H and O–H groups in total. The van der Waals surface area contributed by atoms with Crippen molar-refractivity contribution in [3.8, 4) is 0 Å². The quantitative estimate of drug-likeness (QED) is 0.574. The molecule has 3 heteroatoms. The molecule has 0 saturated heterocycles. The van der Waals surface area contributed by atoms with Crippen molar-refractivity contribution < 1.29 is 4.42 Å². The second-order valence-corrected chi connectivity index (χ2v) is 7.17. The van der Waals surface area contributed by atoms with Crippen LogP contribution in [0.3, 0.4) is 0 Å². The Morgan fingerprint density at radius 1 is 1.04 bits per heavy atom. The average molecular weight is 336 g/mol. The smallest absolute Gasteiger partial charge is 0.138 e. The number of nitrogens with zero attached hydrogens (tertiary/aromatic N) is 1. The number of para-hydroxylation sites is 1. The number of allylic oxidation sites excluding steroid dienone is 2. The Balaban J connectivity index is 2.06. The first-order valence-electron chi connectivity index (χ1n) is 8.86. The van der Waals surface area contributed by atoms with Crippen LogP contribution in [-0.4, -0.2) is 18.1 Å². The first-order valence-corrected chi connectivity index (χ1v) is 8.86. The standard InChI is InChI=1S/C22H28N2O/c1-13(2)16(5)24(7)17(6)23-20-12-19-18-10-8-9-11-21(18)25-22(19)15(4)14(20)3/h8-12,17,23H,1-7H3/t17-/m0/s1. The van der Waals surface area contributed by atoms with Crippen LogP contribution in [0.5, 0.6) is 0 Å². The van der Waals surface area contributed by atoms with Gasteiger partial charge in [0.05, 0.1) is 6.17 Å². The highest BCUT2D eigenvalue weighted by atomic mass is 16.3. The molecular formula is C22H28N2O. The molecule has 0 aliphatic carbocycles. The third kappa shape index (κ3) is 2.99. The third-order valence-electron chi connectivity index (χ3n) is 5.43. The van der Waals surface area contributed by atoms with E-state index in [4.69, 9.17) is 4.42 Å². The molecule has 0 fully saturated rings. The van der Waals surface area contributed by atoms with E-state index in [1.807, 2.05) is 12.1 Å². The third-order valence-corrected chi connectivity index (χ3v) is 5.43. The van der Waals surface area contributed by atoms with Gasteiger partial charge in [-0.05, 0) is 64.8 Å². The summed E-state index contributed by atoms with van der Waals surface area (Å²) >= 11 is 0. The van der Waals surface area contributed by atoms with Gasteiger partial charge in [-0.2, -0.15) is 0 Å². The van der Waals surface area contributed by atoms with Gasteiger partial charge < -0.3 is 14.6 Å². The first kappa shape index (κ1) is 17.4. The molecular weight excluding hydrogens is 308 g/mol. The van der Waals surface area contributed by atoms with E-state index < -0.39 is 0 Å². The molecule has 3 nitrogen and oxygen atoms in total. The predicted molar refractivity (Wildman–Crippen MR) is 108 cm³/mol. The summed E-state index contributed by atoms with van der Waals surface area (Å²) in [5.41, 5.74) is 8.17. The van der Waals surface area contributed by atoms with Crippen molar-refractivity contribution >= 4 is 27.6 Å². The summed E-state index contributed by atoms with van der Waals surface area (Å²) in [4.78, 5) is 2.28. The molecule has 0 saturated carbocycles. The van der Waals surface area contributed by atoms with Crippen molar-refractivity contribution in [3.05, 3.63) is 52.7 Å². The maximum absolute atomic E-state index is 6.10. The van der Waals surface area contributed by atoms with E-state index in [0.29, 0.717) is 0 Å². The molecule has 0 spiro atoms. The van der Waals surface area contributed by atoms with E-state index in [2.05, 4.69) is 77.0 Å². The van der Waals surface area contributed by atoms with E-state index >= 15 is 0 Å². The van der Waals surface area contributed by atoms with Gasteiger partial charge in [0.1, 0.15) is 11.2 Å². The van der Waals surface area contributed by atoms with Gasteiger partial charge >= 0.3 is 0 Å². The summed E-state index contributed by atoms with van der Waals surface area (Å²) < 4.78 is 6.10. The van der Waals surface area contributed by atoms with E-state index in [1.165, 1.54) is 33.2 Å². The second kappa shape index (κ2) is 6.47. The molecule has 0 aliphatic rings. The molecule has 1 heterocycles. The minimum atomic E-state index is 0.198. The molecule has 3 aromatic rings. The highest BCUT2D eigenvalue weighted by molar-refractivity contribution is 6.07. The fraction of sp³-hybridized carbons (Fsp3) is 0.364. The zero-order chi connectivity index (χ0) is 18.3. The number of hydrogen-bond donors (Lipinski definition) is 1. The average Bonchev–Trinajstić information content (AvgIpc) is 2.96. The summed E-state index contributed by atoms with van der Waals surface area (Å²) in [6.45, 7) is 13.0. The number of furan rings is 1. The monoisotopic (exact) mass is 336 g/mol. The predicted octanol–water partition coefficient (Wildman–Crippen LogP) is 6.21. The lowest BCUT2D eigenvalue weighted by Gasteiger charge is -2.31. The SMILES string of the molecule is CC(C)=C(C)N(C)[C@@H](C)Nc1cc2c(oc3ccccc32)c(C)c1C. The molecule has 3 rings (SSSR count). The minimum absolute atomic E-state index is 0.198. The van der Waals surface area contributed by atoms with Gasteiger partial charge in [0, 0.05) is 29.2 Å². The van der Waals surface area contributed by atoms with Crippen molar-refractivity contribution in [1.29, 1.82) is 0 Å². The van der Waals surface area contributed by atoms with Crippen LogP contribution < -0.4 is 5.32 Å². The number of nitrogens with one attached hydrogen (secondary N) is 1. The van der Waals surface area contributed by atoms with Crippen molar-refractivity contribution in [2.45, 2.75) is 47.7 Å². The lowest BCUT2D eigenvalue weighted by Crippen LogP contribution is -2.34. The Morgan fingerprint density at radius 2 is 1.72 bits per heavy atom. The Hall–Kier alpha value is -2.42. The highest BCUT2D eigenvalue weighted by Crippen LogP contribution is 2.36. The van der Waals surface area contributed by atoms with Gasteiger partial charge in [-0.1, -0.05) is 23.8 Å². The molecule has 1 atom stereocenters. The lowest BCUT2D eigenvalue weighted by molar-refractivity contribution is 0.350. The Kier molecular flexibility index (Phi) is 4.51. The molecule has 0 unspecified atom stereocenters. The van der Waals surface area contributed by atoms with Crippen LogP contribution in [0.25, 0.3) is 21.9 Å². The van der Waals surface area contributed by atoms with Gasteiger partial charge in [-0.25, -0.2) is 0 Å². The second-order valence-electron chi connectivity index (χ2n) is 7.17. The molecule has 1 aromatic heterocycles. The number of aryl methyl sites for hydroxylation is 1. The minimum Gasteiger partial charge on any atom is -0.456 e. The van der Waals surface area contributed by atoms with Crippen LogP contribution in [-0.2, 0) is 0 Å². The van der Waals surface area contributed by atoms with Crippen molar-refractivity contribution in [2.24, 2.45) is 0 Å². The van der Waals surface area contributed by atoms with E-state index in [0.717, 1.165) is 16.9 Å². The Morgan fingerprint density at radius 3 is 2.40 bits per heavy atom. The molecule has 132 valence electrons. The topological polar surface area (TPSA) is 28.4 Å². The van der Waals surface area contributed by atoms with Crippen molar-refractivity contribution in [2.75, 3.05) is 12.4 Å². The van der Waals surface area contributed by atoms with Crippen LogP contribution in [0.1, 0.15) is 38.8 Å². The van der Waals surface area contributed by atoms with Crippen LogP contribution in [0, 0.1) is 13.8 Å². The van der Waals surface area contributed by atoms with Crippen molar-refractivity contribution in [3.63, 3.8) is 0 Å².